The number of anilines is 1. The second kappa shape index (κ2) is 7.98. The lowest BCUT2D eigenvalue weighted by Crippen LogP contribution is -2.32. The molecule has 2 aromatic rings. The van der Waals surface area contributed by atoms with Gasteiger partial charge in [0, 0.05) is 11.3 Å². The van der Waals surface area contributed by atoms with Gasteiger partial charge in [-0.3, -0.25) is 9.59 Å². The van der Waals surface area contributed by atoms with Gasteiger partial charge in [0.2, 0.25) is 5.91 Å². The highest BCUT2D eigenvalue weighted by atomic mass is 16.5. The minimum absolute atomic E-state index is 0.0834. The molecule has 0 aliphatic rings. The summed E-state index contributed by atoms with van der Waals surface area (Å²) in [6.45, 7) is 4.37. The van der Waals surface area contributed by atoms with Gasteiger partial charge >= 0.3 is 0 Å². The van der Waals surface area contributed by atoms with Gasteiger partial charge in [0.1, 0.15) is 5.75 Å². The number of nitrogens with one attached hydrogen (secondary N) is 2. The van der Waals surface area contributed by atoms with E-state index in [0.29, 0.717) is 17.9 Å². The Balaban J connectivity index is 1.82. The van der Waals surface area contributed by atoms with Gasteiger partial charge in [-0.15, -0.1) is 0 Å². The van der Waals surface area contributed by atoms with Gasteiger partial charge in [0.05, 0.1) is 13.2 Å². The van der Waals surface area contributed by atoms with Crippen molar-refractivity contribution in [3.63, 3.8) is 0 Å². The molecule has 0 atom stereocenters. The first-order valence-corrected chi connectivity index (χ1v) is 7.46. The Kier molecular flexibility index (Phi) is 5.74. The van der Waals surface area contributed by atoms with Crippen LogP contribution in [0.15, 0.2) is 48.5 Å². The molecule has 0 spiro atoms. The van der Waals surface area contributed by atoms with Crippen LogP contribution in [-0.4, -0.2) is 25.0 Å². The Labute approximate surface area is 135 Å². The first-order valence-electron chi connectivity index (χ1n) is 7.46. The first-order chi connectivity index (χ1) is 11.1. The van der Waals surface area contributed by atoms with Crippen molar-refractivity contribution in [3.8, 4) is 5.75 Å². The fraction of sp³-hybridized carbons (Fsp3) is 0.222. The molecule has 0 aromatic heterocycles. The summed E-state index contributed by atoms with van der Waals surface area (Å²) in [5.74, 6) is 0.194. The summed E-state index contributed by atoms with van der Waals surface area (Å²) in [6.07, 6.45) is 0. The van der Waals surface area contributed by atoms with Crippen LogP contribution >= 0.6 is 0 Å². The smallest absolute Gasteiger partial charge is 0.251 e. The fourth-order valence-corrected chi connectivity index (χ4v) is 1.97. The van der Waals surface area contributed by atoms with E-state index in [1.807, 2.05) is 26.0 Å². The summed E-state index contributed by atoms with van der Waals surface area (Å²) >= 11 is 0. The van der Waals surface area contributed by atoms with E-state index >= 15 is 0 Å². The maximum absolute atomic E-state index is 11.9. The molecule has 5 nitrogen and oxygen atoms in total. The molecule has 2 amide bonds. The van der Waals surface area contributed by atoms with E-state index in [4.69, 9.17) is 4.74 Å². The second-order valence-corrected chi connectivity index (χ2v) is 5.05. The van der Waals surface area contributed by atoms with Crippen molar-refractivity contribution in [2.45, 2.75) is 13.8 Å². The van der Waals surface area contributed by atoms with E-state index in [2.05, 4.69) is 10.6 Å². The molecule has 0 aliphatic carbocycles. The lowest BCUT2D eigenvalue weighted by molar-refractivity contribution is -0.115. The molecule has 2 N–H and O–H groups in total. The monoisotopic (exact) mass is 312 g/mol. The highest BCUT2D eigenvalue weighted by molar-refractivity contribution is 5.99. The highest BCUT2D eigenvalue weighted by Crippen LogP contribution is 2.15. The van der Waals surface area contributed by atoms with E-state index in [-0.39, 0.29) is 18.4 Å². The van der Waals surface area contributed by atoms with Crippen LogP contribution in [-0.2, 0) is 4.79 Å². The summed E-state index contributed by atoms with van der Waals surface area (Å²) in [5, 5.41) is 5.31. The molecular weight excluding hydrogens is 292 g/mol. The third-order valence-corrected chi connectivity index (χ3v) is 3.17. The van der Waals surface area contributed by atoms with Crippen LogP contribution in [0.1, 0.15) is 22.8 Å². The van der Waals surface area contributed by atoms with Gasteiger partial charge in [0.25, 0.3) is 5.91 Å². The zero-order valence-electron chi connectivity index (χ0n) is 13.3. The van der Waals surface area contributed by atoms with Crippen molar-refractivity contribution >= 4 is 17.5 Å². The quantitative estimate of drug-likeness (QED) is 0.862. The molecular formula is C18H20N2O3. The zero-order valence-corrected chi connectivity index (χ0v) is 13.3. The van der Waals surface area contributed by atoms with Crippen LogP contribution in [0.5, 0.6) is 5.75 Å². The minimum Gasteiger partial charge on any atom is -0.494 e. The van der Waals surface area contributed by atoms with Gasteiger partial charge in [-0.05, 0) is 50.2 Å². The average Bonchev–Trinajstić information content (AvgIpc) is 2.55. The Hall–Kier alpha value is -2.82. The standard InChI is InChI=1S/C18H20N2O3/c1-3-23-16-10-8-15(9-11-16)20-17(21)12-19-18(22)14-6-4-13(2)5-7-14/h4-11H,3,12H2,1-2H3,(H,19,22)(H,20,21). The number of benzene rings is 2. The molecule has 5 heteroatoms. The normalized spacial score (nSPS) is 10.0. The number of hydrogen-bond donors (Lipinski definition) is 2. The van der Waals surface area contributed by atoms with E-state index in [1.54, 1.807) is 36.4 Å². The summed E-state index contributed by atoms with van der Waals surface area (Å²) in [5.41, 5.74) is 2.27. The summed E-state index contributed by atoms with van der Waals surface area (Å²) in [7, 11) is 0. The van der Waals surface area contributed by atoms with Crippen molar-refractivity contribution < 1.29 is 14.3 Å². The molecule has 0 bridgehead atoms. The molecule has 2 rings (SSSR count). The first kappa shape index (κ1) is 16.5. The molecule has 0 saturated carbocycles. The summed E-state index contributed by atoms with van der Waals surface area (Å²) in [4.78, 5) is 23.8. The van der Waals surface area contributed by atoms with Crippen LogP contribution in [0, 0.1) is 6.92 Å². The van der Waals surface area contributed by atoms with Gasteiger partial charge in [-0.2, -0.15) is 0 Å². The van der Waals surface area contributed by atoms with Crippen molar-refractivity contribution in [1.82, 2.24) is 5.32 Å². The Morgan fingerprint density at radius 3 is 2.26 bits per heavy atom. The van der Waals surface area contributed by atoms with E-state index in [1.165, 1.54) is 0 Å². The third kappa shape index (κ3) is 5.14. The minimum atomic E-state index is -0.283. The van der Waals surface area contributed by atoms with Gasteiger partial charge in [-0.25, -0.2) is 0 Å². The second-order valence-electron chi connectivity index (χ2n) is 5.05. The summed E-state index contributed by atoms with van der Waals surface area (Å²) in [6, 6.07) is 14.2. The summed E-state index contributed by atoms with van der Waals surface area (Å²) < 4.78 is 5.33. The lowest BCUT2D eigenvalue weighted by Gasteiger charge is -2.08. The Morgan fingerprint density at radius 2 is 1.65 bits per heavy atom. The Bertz CT molecular complexity index is 664. The van der Waals surface area contributed by atoms with Gasteiger partial charge < -0.3 is 15.4 Å². The third-order valence-electron chi connectivity index (χ3n) is 3.17. The van der Waals surface area contributed by atoms with E-state index in [9.17, 15) is 9.59 Å². The number of aryl methyl sites for hydroxylation is 1. The fourth-order valence-electron chi connectivity index (χ4n) is 1.97. The van der Waals surface area contributed by atoms with E-state index in [0.717, 1.165) is 11.3 Å². The topological polar surface area (TPSA) is 67.4 Å². The zero-order chi connectivity index (χ0) is 16.7. The number of rotatable bonds is 6. The maximum Gasteiger partial charge on any atom is 0.251 e. The molecule has 0 radical (unpaired) electrons. The number of hydrogen-bond acceptors (Lipinski definition) is 3. The largest absolute Gasteiger partial charge is 0.494 e. The lowest BCUT2D eigenvalue weighted by atomic mass is 10.1. The van der Waals surface area contributed by atoms with Gasteiger partial charge in [0.15, 0.2) is 0 Å². The molecule has 120 valence electrons. The molecule has 0 heterocycles. The number of amides is 2. The molecule has 2 aromatic carbocycles. The van der Waals surface area contributed by atoms with E-state index < -0.39 is 0 Å². The van der Waals surface area contributed by atoms with Crippen LogP contribution in [0.2, 0.25) is 0 Å². The number of carbonyl (C=O) groups is 2. The Morgan fingerprint density at radius 1 is 1.00 bits per heavy atom. The average molecular weight is 312 g/mol. The molecule has 23 heavy (non-hydrogen) atoms. The van der Waals surface area contributed by atoms with Gasteiger partial charge in [-0.1, -0.05) is 17.7 Å². The highest BCUT2D eigenvalue weighted by Gasteiger charge is 2.08. The predicted octanol–water partition coefficient (Wildman–Crippen LogP) is 2.76. The van der Waals surface area contributed by atoms with Crippen LogP contribution in [0.4, 0.5) is 5.69 Å². The molecule has 0 unspecified atom stereocenters. The van der Waals surface area contributed by atoms with Crippen molar-refractivity contribution in [1.29, 1.82) is 0 Å². The number of ether oxygens (including phenoxy) is 1. The maximum atomic E-state index is 11.9. The van der Waals surface area contributed by atoms with Crippen LogP contribution in [0.25, 0.3) is 0 Å². The molecule has 0 saturated heterocycles. The van der Waals surface area contributed by atoms with Crippen molar-refractivity contribution in [2.75, 3.05) is 18.5 Å². The number of carbonyl (C=O) groups excluding carboxylic acids is 2. The molecule has 0 fully saturated rings. The van der Waals surface area contributed by atoms with Crippen molar-refractivity contribution in [3.05, 3.63) is 59.7 Å². The SMILES string of the molecule is CCOc1ccc(NC(=O)CNC(=O)c2ccc(C)cc2)cc1. The van der Waals surface area contributed by atoms with Crippen molar-refractivity contribution in [2.24, 2.45) is 0 Å². The molecule has 0 aliphatic heterocycles. The van der Waals surface area contributed by atoms with Crippen LogP contribution in [0.3, 0.4) is 0 Å². The predicted molar refractivity (Wildman–Crippen MR) is 89.8 cm³/mol. The van der Waals surface area contributed by atoms with Crippen LogP contribution < -0.4 is 15.4 Å².